The highest BCUT2D eigenvalue weighted by Gasteiger charge is 2.22. The number of ether oxygens (including phenoxy) is 1. The van der Waals surface area contributed by atoms with Crippen LogP contribution in [-0.4, -0.2) is 56.7 Å². The van der Waals surface area contributed by atoms with Gasteiger partial charge in [0.25, 0.3) is 0 Å². The van der Waals surface area contributed by atoms with Crippen LogP contribution in [0.25, 0.3) is 5.69 Å². The summed E-state index contributed by atoms with van der Waals surface area (Å²) < 4.78 is 7.77. The highest BCUT2D eigenvalue weighted by Crippen LogP contribution is 2.24. The minimum Gasteiger partial charge on any atom is -0.375 e. The van der Waals surface area contributed by atoms with Crippen LogP contribution in [0.15, 0.2) is 53.7 Å². The van der Waals surface area contributed by atoms with Crippen molar-refractivity contribution >= 4 is 23.4 Å². The fraction of sp³-hybridized carbons (Fsp3) is 0.350. The van der Waals surface area contributed by atoms with Crippen molar-refractivity contribution < 1.29 is 4.74 Å². The summed E-state index contributed by atoms with van der Waals surface area (Å²) in [6.07, 6.45) is 0.128. The van der Waals surface area contributed by atoms with E-state index >= 15 is 0 Å². The maximum absolute atomic E-state index is 6.31. The maximum Gasteiger partial charge on any atom is 0.214 e. The Morgan fingerprint density at radius 2 is 2.00 bits per heavy atom. The van der Waals surface area contributed by atoms with Gasteiger partial charge >= 0.3 is 0 Å². The molecule has 0 saturated carbocycles. The minimum absolute atomic E-state index is 0.128. The number of hydrogen-bond acceptors (Lipinski definition) is 6. The second-order valence-electron chi connectivity index (χ2n) is 6.79. The van der Waals surface area contributed by atoms with E-state index in [-0.39, 0.29) is 6.10 Å². The average molecular weight is 416 g/mol. The molecule has 1 aliphatic heterocycles. The molecule has 1 saturated heterocycles. The highest BCUT2D eigenvalue weighted by molar-refractivity contribution is 7.99. The molecule has 3 aromatic rings. The third kappa shape index (κ3) is 4.55. The molecule has 0 unspecified atom stereocenters. The lowest BCUT2D eigenvalue weighted by Gasteiger charge is -2.32. The van der Waals surface area contributed by atoms with Gasteiger partial charge in [-0.1, -0.05) is 59.8 Å². The smallest absolute Gasteiger partial charge is 0.214 e. The number of hydrogen-bond donors (Lipinski definition) is 0. The molecule has 2 heterocycles. The first-order valence-electron chi connectivity index (χ1n) is 9.25. The van der Waals surface area contributed by atoms with Crippen molar-refractivity contribution in [3.05, 3.63) is 64.7 Å². The third-order valence-corrected chi connectivity index (χ3v) is 6.18. The van der Waals surface area contributed by atoms with E-state index in [4.69, 9.17) is 16.3 Å². The first-order chi connectivity index (χ1) is 13.7. The molecular formula is C20H22ClN5OS. The Balaban J connectivity index is 1.38. The van der Waals surface area contributed by atoms with Crippen molar-refractivity contribution in [2.75, 3.05) is 25.4 Å². The van der Waals surface area contributed by atoms with Gasteiger partial charge in [0.1, 0.15) is 0 Å². The molecule has 0 aliphatic carbocycles. The van der Waals surface area contributed by atoms with Crippen LogP contribution in [-0.2, 0) is 11.3 Å². The normalized spacial score (nSPS) is 17.7. The van der Waals surface area contributed by atoms with Crippen LogP contribution >= 0.6 is 23.4 Å². The van der Waals surface area contributed by atoms with E-state index in [2.05, 4.69) is 39.5 Å². The molecule has 6 nitrogen and oxygen atoms in total. The maximum atomic E-state index is 6.31. The Morgan fingerprint density at radius 3 is 2.86 bits per heavy atom. The summed E-state index contributed by atoms with van der Waals surface area (Å²) in [5.74, 6) is 0.797. The standard InChI is InChI=1S/C20H22ClN5OS/c1-15-6-2-5-9-19(15)26-20(22-23-24-26)28-14-17-13-25(10-11-27-17)12-16-7-3-4-8-18(16)21/h2-9,17H,10-14H2,1H3/t17-/m0/s1. The van der Waals surface area contributed by atoms with Gasteiger partial charge in [-0.05, 0) is 40.6 Å². The lowest BCUT2D eigenvalue weighted by atomic mass is 10.2. The largest absolute Gasteiger partial charge is 0.375 e. The predicted octanol–water partition coefficient (Wildman–Crippen LogP) is 3.62. The van der Waals surface area contributed by atoms with Crippen LogP contribution < -0.4 is 0 Å². The van der Waals surface area contributed by atoms with Gasteiger partial charge in [0, 0.05) is 30.4 Å². The van der Waals surface area contributed by atoms with Crippen LogP contribution in [0, 0.1) is 6.92 Å². The molecule has 146 valence electrons. The van der Waals surface area contributed by atoms with Crippen LogP contribution in [0.5, 0.6) is 0 Å². The molecule has 1 aliphatic rings. The van der Waals surface area contributed by atoms with Crippen molar-refractivity contribution in [2.24, 2.45) is 0 Å². The molecule has 4 rings (SSSR count). The molecule has 0 amide bonds. The monoisotopic (exact) mass is 415 g/mol. The third-order valence-electron chi connectivity index (χ3n) is 4.76. The van der Waals surface area contributed by atoms with Crippen molar-refractivity contribution in [3.8, 4) is 5.69 Å². The number of thioether (sulfide) groups is 1. The van der Waals surface area contributed by atoms with Crippen molar-refractivity contribution in [2.45, 2.75) is 24.7 Å². The summed E-state index contributed by atoms with van der Waals surface area (Å²) >= 11 is 7.93. The zero-order valence-corrected chi connectivity index (χ0v) is 17.2. The first-order valence-corrected chi connectivity index (χ1v) is 10.6. The van der Waals surface area contributed by atoms with Crippen molar-refractivity contribution in [3.63, 3.8) is 0 Å². The van der Waals surface area contributed by atoms with Crippen LogP contribution in [0.2, 0.25) is 5.02 Å². The first kappa shape index (κ1) is 19.4. The van der Waals surface area contributed by atoms with E-state index < -0.39 is 0 Å². The Morgan fingerprint density at radius 1 is 1.18 bits per heavy atom. The summed E-state index contributed by atoms with van der Waals surface area (Å²) in [5, 5.41) is 13.8. The van der Waals surface area contributed by atoms with Crippen LogP contribution in [0.4, 0.5) is 0 Å². The molecule has 8 heteroatoms. The Labute approximate surface area is 173 Å². The topological polar surface area (TPSA) is 56.1 Å². The molecule has 28 heavy (non-hydrogen) atoms. The van der Waals surface area contributed by atoms with E-state index in [0.717, 1.165) is 59.0 Å². The Kier molecular flexibility index (Phi) is 6.26. The minimum atomic E-state index is 0.128. The zero-order chi connectivity index (χ0) is 19.3. The van der Waals surface area contributed by atoms with E-state index in [9.17, 15) is 0 Å². The SMILES string of the molecule is Cc1ccccc1-n1nnnc1SC[C@@H]1CN(Cc2ccccc2Cl)CCO1. The number of rotatable bonds is 6. The van der Waals surface area contributed by atoms with Gasteiger partial charge in [0.05, 0.1) is 18.4 Å². The molecule has 1 atom stereocenters. The Bertz CT molecular complexity index is 934. The predicted molar refractivity (Wildman–Crippen MR) is 111 cm³/mol. The number of nitrogens with zero attached hydrogens (tertiary/aromatic N) is 5. The lowest BCUT2D eigenvalue weighted by molar-refractivity contribution is -0.0187. The van der Waals surface area contributed by atoms with E-state index in [1.54, 1.807) is 16.4 Å². The number of benzene rings is 2. The van der Waals surface area contributed by atoms with Crippen LogP contribution in [0.3, 0.4) is 0 Å². The summed E-state index contributed by atoms with van der Waals surface area (Å²) in [6.45, 7) is 5.39. The van der Waals surface area contributed by atoms with Crippen molar-refractivity contribution in [1.82, 2.24) is 25.1 Å². The lowest BCUT2D eigenvalue weighted by Crippen LogP contribution is -2.43. The van der Waals surface area contributed by atoms with Gasteiger partial charge < -0.3 is 4.74 Å². The number of tetrazole rings is 1. The van der Waals surface area contributed by atoms with E-state index in [1.165, 1.54) is 0 Å². The van der Waals surface area contributed by atoms with Gasteiger partial charge in [-0.25, -0.2) is 0 Å². The van der Waals surface area contributed by atoms with Gasteiger partial charge in [-0.3, -0.25) is 4.90 Å². The van der Waals surface area contributed by atoms with Crippen molar-refractivity contribution in [1.29, 1.82) is 0 Å². The Hall–Kier alpha value is -1.93. The molecule has 0 bridgehead atoms. The number of aromatic nitrogens is 4. The molecule has 0 spiro atoms. The molecule has 1 aromatic heterocycles. The number of halogens is 1. The number of morpholine rings is 1. The summed E-state index contributed by atoms with van der Waals surface area (Å²) in [6, 6.07) is 16.1. The van der Waals surface area contributed by atoms with Gasteiger partial charge in [0.15, 0.2) is 0 Å². The number of aryl methyl sites for hydroxylation is 1. The van der Waals surface area contributed by atoms with Gasteiger partial charge in [-0.15, -0.1) is 5.10 Å². The molecule has 0 N–H and O–H groups in total. The quantitative estimate of drug-likeness (QED) is 0.573. The fourth-order valence-electron chi connectivity index (χ4n) is 3.28. The summed E-state index contributed by atoms with van der Waals surface area (Å²) in [5.41, 5.74) is 3.29. The van der Waals surface area contributed by atoms with Gasteiger partial charge in [0.2, 0.25) is 5.16 Å². The second kappa shape index (κ2) is 9.05. The second-order valence-corrected chi connectivity index (χ2v) is 8.18. The summed E-state index contributed by atoms with van der Waals surface area (Å²) in [7, 11) is 0. The number of para-hydroxylation sites is 1. The molecule has 0 radical (unpaired) electrons. The van der Waals surface area contributed by atoms with Gasteiger partial charge in [-0.2, -0.15) is 4.68 Å². The zero-order valence-electron chi connectivity index (χ0n) is 15.7. The summed E-state index contributed by atoms with van der Waals surface area (Å²) in [4.78, 5) is 2.39. The molecule has 2 aromatic carbocycles. The average Bonchev–Trinajstić information content (AvgIpc) is 3.17. The highest BCUT2D eigenvalue weighted by atomic mass is 35.5. The molecule has 1 fully saturated rings. The fourth-order valence-corrected chi connectivity index (χ4v) is 4.36. The van der Waals surface area contributed by atoms with E-state index in [0.29, 0.717) is 0 Å². The van der Waals surface area contributed by atoms with Crippen LogP contribution in [0.1, 0.15) is 11.1 Å². The molecular weight excluding hydrogens is 394 g/mol. The van der Waals surface area contributed by atoms with E-state index in [1.807, 2.05) is 36.4 Å².